The summed E-state index contributed by atoms with van der Waals surface area (Å²) in [6.07, 6.45) is 1.80. The normalized spacial score (nSPS) is 15.6. The molecule has 3 nitrogen and oxygen atoms in total. The minimum absolute atomic E-state index is 0.141. The zero-order valence-corrected chi connectivity index (χ0v) is 18.1. The fourth-order valence-electron chi connectivity index (χ4n) is 4.53. The molecule has 0 amide bonds. The molecule has 0 bridgehead atoms. The van der Waals surface area contributed by atoms with E-state index in [0.29, 0.717) is 0 Å². The van der Waals surface area contributed by atoms with Crippen LogP contribution in [0.4, 0.5) is 5.13 Å². The first kappa shape index (κ1) is 19.6. The predicted octanol–water partition coefficient (Wildman–Crippen LogP) is 6.10. The van der Waals surface area contributed by atoms with Crippen molar-refractivity contribution in [1.29, 1.82) is 0 Å². The molecule has 1 N–H and O–H groups in total. The van der Waals surface area contributed by atoms with Gasteiger partial charge in [0.15, 0.2) is 5.13 Å². The molecule has 5 heteroatoms. The molecular weight excluding hydrogens is 412 g/mol. The van der Waals surface area contributed by atoms with Crippen molar-refractivity contribution < 1.29 is 5.11 Å². The second-order valence-corrected chi connectivity index (χ2v) is 9.31. The number of halogens is 1. The van der Waals surface area contributed by atoms with Gasteiger partial charge in [-0.15, -0.1) is 0 Å². The quantitative estimate of drug-likeness (QED) is 0.421. The van der Waals surface area contributed by atoms with Crippen LogP contribution in [0.5, 0.6) is 0 Å². The van der Waals surface area contributed by atoms with Crippen LogP contribution in [0.25, 0.3) is 10.2 Å². The van der Waals surface area contributed by atoms with Crippen molar-refractivity contribution in [3.8, 4) is 0 Å². The van der Waals surface area contributed by atoms with Crippen LogP contribution in [0.2, 0.25) is 5.02 Å². The first-order valence-corrected chi connectivity index (χ1v) is 11.5. The predicted molar refractivity (Wildman–Crippen MR) is 125 cm³/mol. The SMILES string of the molecule is OC(c1ccccc1)(c1ccccc1)C1CCN(c2nc3ccc(Cl)cc3s2)CC1. The van der Waals surface area contributed by atoms with Gasteiger partial charge in [-0.1, -0.05) is 83.6 Å². The highest BCUT2D eigenvalue weighted by atomic mass is 35.5. The molecule has 1 aromatic heterocycles. The number of piperidine rings is 1. The zero-order valence-electron chi connectivity index (χ0n) is 16.5. The third kappa shape index (κ3) is 3.49. The van der Waals surface area contributed by atoms with E-state index < -0.39 is 5.60 Å². The molecule has 3 aromatic carbocycles. The van der Waals surface area contributed by atoms with E-state index in [0.717, 1.165) is 57.4 Å². The van der Waals surface area contributed by atoms with Gasteiger partial charge in [0.2, 0.25) is 0 Å². The fourth-order valence-corrected chi connectivity index (χ4v) is 5.83. The summed E-state index contributed by atoms with van der Waals surface area (Å²) in [5, 5.41) is 13.8. The van der Waals surface area contributed by atoms with Crippen LogP contribution in [0.1, 0.15) is 24.0 Å². The van der Waals surface area contributed by atoms with Crippen molar-refractivity contribution >= 4 is 38.3 Å². The van der Waals surface area contributed by atoms with Gasteiger partial charge in [0.05, 0.1) is 10.2 Å². The second kappa shape index (κ2) is 8.03. The minimum Gasteiger partial charge on any atom is -0.380 e. The number of benzene rings is 3. The third-order valence-electron chi connectivity index (χ3n) is 6.12. The summed E-state index contributed by atoms with van der Waals surface area (Å²) in [5.74, 6) is 0.141. The Hall–Kier alpha value is -2.40. The smallest absolute Gasteiger partial charge is 0.186 e. The Balaban J connectivity index is 1.42. The lowest BCUT2D eigenvalue weighted by Crippen LogP contribution is -2.44. The van der Waals surface area contributed by atoms with E-state index in [1.165, 1.54) is 0 Å². The van der Waals surface area contributed by atoms with E-state index in [1.54, 1.807) is 11.3 Å². The maximum Gasteiger partial charge on any atom is 0.186 e. The Morgan fingerprint density at radius 2 is 1.50 bits per heavy atom. The third-order valence-corrected chi connectivity index (χ3v) is 7.44. The van der Waals surface area contributed by atoms with Gasteiger partial charge in [0, 0.05) is 18.1 Å². The number of fused-ring (bicyclic) bond motifs is 1. The molecule has 152 valence electrons. The molecular formula is C25H23ClN2OS. The van der Waals surface area contributed by atoms with E-state index >= 15 is 0 Å². The lowest BCUT2D eigenvalue weighted by molar-refractivity contribution is 0.00506. The van der Waals surface area contributed by atoms with Crippen molar-refractivity contribution in [2.45, 2.75) is 18.4 Å². The summed E-state index contributed by atoms with van der Waals surface area (Å²) < 4.78 is 1.12. The van der Waals surface area contributed by atoms with Crippen molar-refractivity contribution in [2.75, 3.05) is 18.0 Å². The van der Waals surface area contributed by atoms with Gasteiger partial charge in [-0.25, -0.2) is 4.98 Å². The van der Waals surface area contributed by atoms with Crippen molar-refractivity contribution in [1.82, 2.24) is 4.98 Å². The molecule has 30 heavy (non-hydrogen) atoms. The summed E-state index contributed by atoms with van der Waals surface area (Å²) >= 11 is 7.82. The molecule has 1 saturated heterocycles. The Morgan fingerprint density at radius 1 is 0.900 bits per heavy atom. The van der Waals surface area contributed by atoms with Gasteiger partial charge in [0.1, 0.15) is 5.60 Å². The zero-order chi connectivity index (χ0) is 20.6. The number of hydrogen-bond donors (Lipinski definition) is 1. The van der Waals surface area contributed by atoms with Crippen molar-refractivity contribution in [3.63, 3.8) is 0 Å². The Bertz CT molecular complexity index is 1100. The fraction of sp³-hybridized carbons (Fsp3) is 0.240. The Morgan fingerprint density at radius 3 is 2.10 bits per heavy atom. The monoisotopic (exact) mass is 434 g/mol. The van der Waals surface area contributed by atoms with Crippen LogP contribution < -0.4 is 4.90 Å². The van der Waals surface area contributed by atoms with E-state index in [1.807, 2.05) is 78.9 Å². The maximum absolute atomic E-state index is 12.0. The topological polar surface area (TPSA) is 36.4 Å². The first-order valence-electron chi connectivity index (χ1n) is 10.3. The number of nitrogens with zero attached hydrogens (tertiary/aromatic N) is 2. The van der Waals surface area contributed by atoms with Crippen molar-refractivity contribution in [3.05, 3.63) is 95.0 Å². The molecule has 4 aromatic rings. The molecule has 2 heterocycles. The minimum atomic E-state index is -0.990. The molecule has 0 radical (unpaired) electrons. The highest BCUT2D eigenvalue weighted by molar-refractivity contribution is 7.22. The molecule has 5 rings (SSSR count). The standard InChI is InChI=1S/C25H23ClN2OS/c26-21-11-12-22-23(17-21)30-24(27-22)28-15-13-20(14-16-28)25(29,18-7-3-1-4-8-18)19-9-5-2-6-10-19/h1-12,17,20,29H,13-16H2. The van der Waals surface area contributed by atoms with Crippen LogP contribution in [0, 0.1) is 5.92 Å². The van der Waals surface area contributed by atoms with Gasteiger partial charge in [-0.05, 0) is 48.1 Å². The highest BCUT2D eigenvalue weighted by Crippen LogP contribution is 2.43. The Kier molecular flexibility index (Phi) is 5.23. The van der Waals surface area contributed by atoms with Gasteiger partial charge in [-0.2, -0.15) is 0 Å². The molecule has 0 atom stereocenters. The average Bonchev–Trinajstić information content (AvgIpc) is 3.23. The number of aromatic nitrogens is 1. The molecule has 1 fully saturated rings. The van der Waals surface area contributed by atoms with Gasteiger partial charge in [0.25, 0.3) is 0 Å². The number of anilines is 1. The lowest BCUT2D eigenvalue weighted by atomic mass is 9.72. The summed E-state index contributed by atoms with van der Waals surface area (Å²) in [6, 6.07) is 26.0. The molecule has 1 aliphatic rings. The second-order valence-electron chi connectivity index (χ2n) is 7.87. The first-order chi connectivity index (χ1) is 14.6. The van der Waals surface area contributed by atoms with Crippen LogP contribution in [0.3, 0.4) is 0 Å². The van der Waals surface area contributed by atoms with Crippen LogP contribution >= 0.6 is 22.9 Å². The Labute approximate surface area is 185 Å². The molecule has 0 spiro atoms. The largest absolute Gasteiger partial charge is 0.380 e. The van der Waals surface area contributed by atoms with E-state index in [4.69, 9.17) is 16.6 Å². The van der Waals surface area contributed by atoms with E-state index in [-0.39, 0.29) is 5.92 Å². The van der Waals surface area contributed by atoms with Gasteiger partial charge < -0.3 is 10.0 Å². The molecule has 0 saturated carbocycles. The summed E-state index contributed by atoms with van der Waals surface area (Å²) in [5.41, 5.74) is 1.93. The summed E-state index contributed by atoms with van der Waals surface area (Å²) in [6.45, 7) is 1.75. The number of hydrogen-bond acceptors (Lipinski definition) is 4. The molecule has 1 aliphatic heterocycles. The van der Waals surface area contributed by atoms with Crippen LogP contribution in [0.15, 0.2) is 78.9 Å². The summed E-state index contributed by atoms with van der Waals surface area (Å²) in [4.78, 5) is 7.14. The van der Waals surface area contributed by atoms with Gasteiger partial charge >= 0.3 is 0 Å². The van der Waals surface area contributed by atoms with Crippen molar-refractivity contribution in [2.24, 2.45) is 5.92 Å². The number of thiazole rings is 1. The average molecular weight is 435 g/mol. The lowest BCUT2D eigenvalue weighted by Gasteiger charge is -2.42. The number of aliphatic hydroxyl groups is 1. The van der Waals surface area contributed by atoms with Crippen LogP contribution in [-0.2, 0) is 5.60 Å². The van der Waals surface area contributed by atoms with Crippen LogP contribution in [-0.4, -0.2) is 23.2 Å². The highest BCUT2D eigenvalue weighted by Gasteiger charge is 2.41. The number of rotatable bonds is 4. The van der Waals surface area contributed by atoms with E-state index in [2.05, 4.69) is 4.90 Å². The molecule has 0 aliphatic carbocycles. The van der Waals surface area contributed by atoms with Gasteiger partial charge in [-0.3, -0.25) is 0 Å². The molecule has 0 unspecified atom stereocenters. The maximum atomic E-state index is 12.0. The summed E-state index contributed by atoms with van der Waals surface area (Å²) in [7, 11) is 0. The van der Waals surface area contributed by atoms with E-state index in [9.17, 15) is 5.11 Å².